The Morgan fingerprint density at radius 1 is 1.44 bits per heavy atom. The summed E-state index contributed by atoms with van der Waals surface area (Å²) in [7, 11) is 1.92. The van der Waals surface area contributed by atoms with Gasteiger partial charge in [-0.1, -0.05) is 0 Å². The molecule has 2 aromatic rings. The van der Waals surface area contributed by atoms with Crippen LogP contribution in [0.5, 0.6) is 0 Å². The second kappa shape index (κ2) is 5.18. The number of hydrogen-bond donors (Lipinski definition) is 2. The molecule has 0 bridgehead atoms. The zero-order chi connectivity index (χ0) is 13.1. The Morgan fingerprint density at radius 2 is 2.22 bits per heavy atom. The Kier molecular flexibility index (Phi) is 3.62. The minimum atomic E-state index is -0.914. The van der Waals surface area contributed by atoms with Crippen molar-refractivity contribution in [1.29, 1.82) is 0 Å². The number of benzene rings is 1. The molecular formula is C13H17N3O2. The Hall–Kier alpha value is -1.88. The van der Waals surface area contributed by atoms with Crippen molar-refractivity contribution in [2.45, 2.75) is 19.3 Å². The summed E-state index contributed by atoms with van der Waals surface area (Å²) < 4.78 is 1.96. The third kappa shape index (κ3) is 2.36. The van der Waals surface area contributed by atoms with E-state index in [1.54, 1.807) is 18.2 Å². The molecule has 0 aliphatic rings. The van der Waals surface area contributed by atoms with Gasteiger partial charge < -0.3 is 15.4 Å². The minimum absolute atomic E-state index is 0.291. The maximum atomic E-state index is 10.9. The summed E-state index contributed by atoms with van der Waals surface area (Å²) in [5.41, 5.74) is 7.45. The topological polar surface area (TPSA) is 81.1 Å². The fraction of sp³-hybridized carbons (Fsp3) is 0.385. The van der Waals surface area contributed by atoms with E-state index in [0.717, 1.165) is 36.1 Å². The number of nitrogens with two attached hydrogens (primary N) is 1. The molecular weight excluding hydrogens is 230 g/mol. The fourth-order valence-corrected chi connectivity index (χ4v) is 2.02. The van der Waals surface area contributed by atoms with E-state index in [-0.39, 0.29) is 0 Å². The van der Waals surface area contributed by atoms with Crippen LogP contribution in [0, 0.1) is 0 Å². The molecule has 0 spiro atoms. The van der Waals surface area contributed by atoms with Gasteiger partial charge in [-0.15, -0.1) is 0 Å². The number of aromatic carboxylic acids is 1. The number of unbranched alkanes of at least 4 members (excludes halogenated alkanes) is 1. The highest BCUT2D eigenvalue weighted by Gasteiger charge is 2.10. The fourth-order valence-electron chi connectivity index (χ4n) is 2.02. The van der Waals surface area contributed by atoms with E-state index in [1.807, 2.05) is 11.6 Å². The number of carbonyl (C=O) groups is 1. The van der Waals surface area contributed by atoms with Crippen LogP contribution in [-0.4, -0.2) is 27.2 Å². The Bertz CT molecular complexity index is 575. The first-order valence-electron chi connectivity index (χ1n) is 6.02. The van der Waals surface area contributed by atoms with E-state index in [4.69, 9.17) is 10.8 Å². The zero-order valence-electron chi connectivity index (χ0n) is 10.4. The molecule has 5 nitrogen and oxygen atoms in total. The molecule has 1 aromatic carbocycles. The van der Waals surface area contributed by atoms with Gasteiger partial charge in [-0.2, -0.15) is 0 Å². The number of fused-ring (bicyclic) bond motifs is 1. The van der Waals surface area contributed by atoms with Crippen LogP contribution in [-0.2, 0) is 13.5 Å². The van der Waals surface area contributed by atoms with Crippen LogP contribution in [0.4, 0.5) is 0 Å². The molecule has 1 aromatic heterocycles. The van der Waals surface area contributed by atoms with Crippen molar-refractivity contribution in [2.75, 3.05) is 6.54 Å². The van der Waals surface area contributed by atoms with Crippen molar-refractivity contribution in [1.82, 2.24) is 9.55 Å². The largest absolute Gasteiger partial charge is 0.478 e. The van der Waals surface area contributed by atoms with E-state index < -0.39 is 5.97 Å². The van der Waals surface area contributed by atoms with E-state index in [1.165, 1.54) is 0 Å². The van der Waals surface area contributed by atoms with E-state index >= 15 is 0 Å². The lowest BCUT2D eigenvalue weighted by atomic mass is 10.2. The van der Waals surface area contributed by atoms with Crippen LogP contribution in [0.2, 0.25) is 0 Å². The van der Waals surface area contributed by atoms with Gasteiger partial charge in [0.1, 0.15) is 5.82 Å². The van der Waals surface area contributed by atoms with Crippen molar-refractivity contribution in [3.63, 3.8) is 0 Å². The molecule has 0 aliphatic carbocycles. The van der Waals surface area contributed by atoms with Crippen molar-refractivity contribution in [3.8, 4) is 0 Å². The first kappa shape index (κ1) is 12.6. The van der Waals surface area contributed by atoms with Crippen molar-refractivity contribution >= 4 is 17.0 Å². The average Bonchev–Trinajstić information content (AvgIpc) is 2.66. The lowest BCUT2D eigenvalue weighted by molar-refractivity contribution is 0.0697. The molecule has 0 unspecified atom stereocenters. The molecule has 0 aliphatic heterocycles. The van der Waals surface area contributed by atoms with Crippen molar-refractivity contribution in [3.05, 3.63) is 29.6 Å². The summed E-state index contributed by atoms with van der Waals surface area (Å²) in [6, 6.07) is 5.00. The molecule has 0 radical (unpaired) electrons. The zero-order valence-corrected chi connectivity index (χ0v) is 10.4. The van der Waals surface area contributed by atoms with Gasteiger partial charge in [-0.05, 0) is 37.6 Å². The normalized spacial score (nSPS) is 11.0. The quantitative estimate of drug-likeness (QED) is 0.785. The molecule has 0 saturated heterocycles. The van der Waals surface area contributed by atoms with Crippen LogP contribution in [0.25, 0.3) is 11.0 Å². The molecule has 0 amide bonds. The Morgan fingerprint density at radius 3 is 2.89 bits per heavy atom. The molecule has 1 heterocycles. The second-order valence-electron chi connectivity index (χ2n) is 4.34. The van der Waals surface area contributed by atoms with E-state index in [9.17, 15) is 4.79 Å². The average molecular weight is 247 g/mol. The number of carboxylic acids is 1. The predicted molar refractivity (Wildman–Crippen MR) is 69.7 cm³/mol. The SMILES string of the molecule is Cn1c(CCCCN)nc2ccc(C(=O)O)cc21. The summed E-state index contributed by atoms with van der Waals surface area (Å²) in [4.78, 5) is 15.4. The maximum absolute atomic E-state index is 10.9. The van der Waals surface area contributed by atoms with Gasteiger partial charge in [0.25, 0.3) is 0 Å². The predicted octanol–water partition coefficient (Wildman–Crippen LogP) is 1.55. The number of nitrogens with zero attached hydrogens (tertiary/aromatic N) is 2. The van der Waals surface area contributed by atoms with E-state index in [2.05, 4.69) is 4.98 Å². The highest BCUT2D eigenvalue weighted by Crippen LogP contribution is 2.18. The van der Waals surface area contributed by atoms with Gasteiger partial charge in [-0.3, -0.25) is 0 Å². The molecule has 18 heavy (non-hydrogen) atoms. The first-order chi connectivity index (χ1) is 8.63. The highest BCUT2D eigenvalue weighted by molar-refractivity contribution is 5.92. The van der Waals surface area contributed by atoms with Crippen LogP contribution in [0.15, 0.2) is 18.2 Å². The number of hydrogen-bond acceptors (Lipinski definition) is 3. The van der Waals surface area contributed by atoms with Gasteiger partial charge in [0, 0.05) is 13.5 Å². The molecule has 3 N–H and O–H groups in total. The summed E-state index contributed by atoms with van der Waals surface area (Å²) >= 11 is 0. The van der Waals surface area contributed by atoms with Crippen molar-refractivity contribution in [2.24, 2.45) is 12.8 Å². The summed E-state index contributed by atoms with van der Waals surface area (Å²) in [5, 5.41) is 8.97. The number of carboxylic acid groups (broad SMARTS) is 1. The molecule has 0 fully saturated rings. The second-order valence-corrected chi connectivity index (χ2v) is 4.34. The summed E-state index contributed by atoms with van der Waals surface area (Å²) in [5.74, 6) is 0.0590. The van der Waals surface area contributed by atoms with Gasteiger partial charge >= 0.3 is 5.97 Å². The van der Waals surface area contributed by atoms with Gasteiger partial charge in [0.2, 0.25) is 0 Å². The van der Waals surface area contributed by atoms with Crippen LogP contribution < -0.4 is 5.73 Å². The standard InChI is InChI=1S/C13H17N3O2/c1-16-11-8-9(13(17)18)5-6-10(11)15-12(16)4-2-3-7-14/h5-6,8H,2-4,7,14H2,1H3,(H,17,18). The lowest BCUT2D eigenvalue weighted by Crippen LogP contribution is -2.02. The Labute approximate surface area is 105 Å². The smallest absolute Gasteiger partial charge is 0.335 e. The van der Waals surface area contributed by atoms with Crippen LogP contribution in [0.3, 0.4) is 0 Å². The van der Waals surface area contributed by atoms with Crippen LogP contribution in [0.1, 0.15) is 29.0 Å². The number of rotatable bonds is 5. The molecule has 96 valence electrons. The third-order valence-electron chi connectivity index (χ3n) is 3.07. The van der Waals surface area contributed by atoms with E-state index in [0.29, 0.717) is 12.1 Å². The molecule has 2 rings (SSSR count). The summed E-state index contributed by atoms with van der Waals surface area (Å²) in [6.45, 7) is 0.688. The number of aryl methyl sites for hydroxylation is 2. The van der Waals surface area contributed by atoms with Gasteiger partial charge in [-0.25, -0.2) is 9.78 Å². The monoisotopic (exact) mass is 247 g/mol. The molecule has 5 heteroatoms. The summed E-state index contributed by atoms with van der Waals surface area (Å²) in [6.07, 6.45) is 2.84. The Balaban J connectivity index is 2.34. The van der Waals surface area contributed by atoms with Gasteiger partial charge in [0.15, 0.2) is 0 Å². The maximum Gasteiger partial charge on any atom is 0.335 e. The minimum Gasteiger partial charge on any atom is -0.478 e. The highest BCUT2D eigenvalue weighted by atomic mass is 16.4. The van der Waals surface area contributed by atoms with Crippen molar-refractivity contribution < 1.29 is 9.90 Å². The molecule has 0 atom stereocenters. The number of aromatic nitrogens is 2. The number of imidazole rings is 1. The van der Waals surface area contributed by atoms with Gasteiger partial charge in [0.05, 0.1) is 16.6 Å². The first-order valence-corrected chi connectivity index (χ1v) is 6.02. The molecule has 0 saturated carbocycles. The third-order valence-corrected chi connectivity index (χ3v) is 3.07. The van der Waals surface area contributed by atoms with Crippen LogP contribution >= 0.6 is 0 Å². The lowest BCUT2D eigenvalue weighted by Gasteiger charge is -2.01.